The molecule has 3 aliphatic rings. The summed E-state index contributed by atoms with van der Waals surface area (Å²) in [5.74, 6) is 0.875. The van der Waals surface area contributed by atoms with E-state index in [1.54, 1.807) is 55.8 Å². The predicted molar refractivity (Wildman–Crippen MR) is 195 cm³/mol. The van der Waals surface area contributed by atoms with Gasteiger partial charge in [-0.3, -0.25) is 9.80 Å². The number of para-hydroxylation sites is 1. The molecule has 0 saturated carbocycles. The van der Waals surface area contributed by atoms with Gasteiger partial charge in [0.15, 0.2) is 23.9 Å². The molecule has 51 heavy (non-hydrogen) atoms. The molecular formula is C39H39Cl2N4O6+. The van der Waals surface area contributed by atoms with Gasteiger partial charge in [0, 0.05) is 30.1 Å². The summed E-state index contributed by atoms with van der Waals surface area (Å²) in [5.41, 5.74) is 4.03. The number of H-pyrrole nitrogens is 2. The number of aromatic nitrogens is 2. The molecule has 2 atom stereocenters. The zero-order valence-corrected chi connectivity index (χ0v) is 29.9. The largest absolute Gasteiger partial charge is 0.493 e. The maximum absolute atomic E-state index is 13.9. The summed E-state index contributed by atoms with van der Waals surface area (Å²) in [4.78, 5) is 37.8. The minimum Gasteiger partial charge on any atom is -0.493 e. The van der Waals surface area contributed by atoms with E-state index in [9.17, 15) is 9.59 Å². The smallest absolute Gasteiger partial charge is 0.414 e. The van der Waals surface area contributed by atoms with Crippen LogP contribution in [0.3, 0.4) is 0 Å². The van der Waals surface area contributed by atoms with Crippen LogP contribution in [0, 0.1) is 5.92 Å². The number of anilines is 1. The number of esters is 1. The van der Waals surface area contributed by atoms with Gasteiger partial charge in [-0.05, 0) is 79.4 Å². The Balaban J connectivity index is 1.12. The Morgan fingerprint density at radius 1 is 0.961 bits per heavy atom. The van der Waals surface area contributed by atoms with Crippen LogP contribution in [-0.2, 0) is 22.4 Å². The number of aromatic amines is 2. The summed E-state index contributed by atoms with van der Waals surface area (Å²) in [6, 6.07) is 20.2. The number of nitrogens with zero attached hydrogens (tertiary/aromatic N) is 2. The van der Waals surface area contributed by atoms with Crippen molar-refractivity contribution in [3.8, 4) is 11.5 Å². The average Bonchev–Trinajstić information content (AvgIpc) is 3.65. The number of rotatable bonds is 11. The lowest BCUT2D eigenvalue weighted by molar-refractivity contribution is -0.377. The lowest BCUT2D eigenvalue weighted by atomic mass is 9.86. The maximum Gasteiger partial charge on any atom is 0.414 e. The molecule has 3 aliphatic heterocycles. The summed E-state index contributed by atoms with van der Waals surface area (Å²) in [5, 5.41) is 1.83. The second kappa shape index (κ2) is 15.2. The third kappa shape index (κ3) is 7.49. The fourth-order valence-corrected chi connectivity index (χ4v) is 7.57. The van der Waals surface area contributed by atoms with Crippen molar-refractivity contribution in [1.82, 2.24) is 9.88 Å². The molecule has 264 valence electrons. The highest BCUT2D eigenvalue weighted by molar-refractivity contribution is 6.35. The van der Waals surface area contributed by atoms with Gasteiger partial charge in [0.2, 0.25) is 0 Å². The summed E-state index contributed by atoms with van der Waals surface area (Å²) >= 11 is 13.0. The van der Waals surface area contributed by atoms with E-state index in [1.165, 1.54) is 0 Å². The van der Waals surface area contributed by atoms with Gasteiger partial charge in [0.1, 0.15) is 22.3 Å². The molecule has 0 aliphatic carbocycles. The van der Waals surface area contributed by atoms with E-state index in [1.807, 2.05) is 48.7 Å². The Hall–Kier alpha value is -4.77. The quantitative estimate of drug-likeness (QED) is 0.139. The molecule has 3 saturated heterocycles. The molecule has 3 aromatic carbocycles. The van der Waals surface area contributed by atoms with Gasteiger partial charge >= 0.3 is 12.1 Å². The molecule has 0 unspecified atom stereocenters. The van der Waals surface area contributed by atoms with E-state index in [4.69, 9.17) is 42.1 Å². The van der Waals surface area contributed by atoms with Crippen molar-refractivity contribution in [2.75, 3.05) is 38.8 Å². The first-order valence-corrected chi connectivity index (χ1v) is 17.7. The molecule has 5 heterocycles. The third-order valence-corrected chi connectivity index (χ3v) is 10.5. The van der Waals surface area contributed by atoms with Crippen molar-refractivity contribution in [3.05, 3.63) is 118 Å². The molecule has 2 N–H and O–H groups in total. The number of carbonyl (C=O) groups excluding carboxylic acids is 2. The molecule has 1 amide bonds. The SMILES string of the molecule is COc1ccc([C@H](Cc2c(Cl)c[nH+]cc2Cl)OC(=O)c2ccc(CN(C(=O)O[C@H]3CN4CCC3CC4)c3cccc4cc[nH]c34)cc2)cc1OC. The van der Waals surface area contributed by atoms with Crippen molar-refractivity contribution < 1.29 is 33.5 Å². The minimum absolute atomic E-state index is 0.139. The van der Waals surface area contributed by atoms with Crippen molar-refractivity contribution in [3.63, 3.8) is 0 Å². The molecule has 5 aromatic rings. The summed E-state index contributed by atoms with van der Waals surface area (Å²) in [6.45, 7) is 3.11. The lowest BCUT2D eigenvalue weighted by Gasteiger charge is -2.44. The van der Waals surface area contributed by atoms with Gasteiger partial charge in [-0.25, -0.2) is 14.6 Å². The van der Waals surface area contributed by atoms with Crippen LogP contribution in [0.4, 0.5) is 10.5 Å². The average molecular weight is 731 g/mol. The zero-order valence-electron chi connectivity index (χ0n) is 28.4. The number of methoxy groups -OCH3 is 2. The molecule has 2 bridgehead atoms. The van der Waals surface area contributed by atoms with Crippen LogP contribution in [0.2, 0.25) is 10.0 Å². The standard InChI is InChI=1S/C39H38Cl2N4O6/c1-48-33-11-10-28(18-35(33)49-2)34(19-29-30(40)20-42-21-31(29)41)50-38(46)27-8-6-24(7-9-27)22-45(32-5-3-4-26-12-15-43-37(26)32)39(47)51-36-23-44-16-13-25(36)14-17-44/h3-12,15,18,20-21,25,34,36,43H,13-14,16-17,19,22-23H2,1-2H3/p+1/t34-,36-/m0/s1. The van der Waals surface area contributed by atoms with E-state index in [-0.39, 0.29) is 19.1 Å². The predicted octanol–water partition coefficient (Wildman–Crippen LogP) is 7.68. The number of pyridine rings is 1. The van der Waals surface area contributed by atoms with E-state index in [2.05, 4.69) is 14.9 Å². The molecule has 10 nitrogen and oxygen atoms in total. The number of ether oxygens (including phenoxy) is 4. The Morgan fingerprint density at radius 2 is 1.71 bits per heavy atom. The van der Waals surface area contributed by atoms with Gasteiger partial charge in [-0.2, -0.15) is 0 Å². The fraction of sp³-hybridized carbons (Fsp3) is 0.308. The third-order valence-electron chi connectivity index (χ3n) is 9.87. The lowest BCUT2D eigenvalue weighted by Crippen LogP contribution is -2.53. The first-order valence-electron chi connectivity index (χ1n) is 16.9. The molecule has 0 radical (unpaired) electrons. The highest BCUT2D eigenvalue weighted by Gasteiger charge is 2.37. The van der Waals surface area contributed by atoms with Crippen molar-refractivity contribution >= 4 is 51.9 Å². The second-order valence-electron chi connectivity index (χ2n) is 12.9. The minimum atomic E-state index is -0.757. The number of hydrogen-bond acceptors (Lipinski definition) is 7. The Morgan fingerprint density at radius 3 is 2.39 bits per heavy atom. The van der Waals surface area contributed by atoms with Crippen molar-refractivity contribution in [2.45, 2.75) is 38.0 Å². The highest BCUT2D eigenvalue weighted by Crippen LogP contribution is 2.36. The number of benzene rings is 3. The summed E-state index contributed by atoms with van der Waals surface area (Å²) < 4.78 is 23.3. The first-order chi connectivity index (χ1) is 24.8. The number of nitrogens with one attached hydrogen (secondary N) is 2. The number of halogens is 2. The molecule has 3 fully saturated rings. The van der Waals surface area contributed by atoms with Crippen LogP contribution >= 0.6 is 23.2 Å². The van der Waals surface area contributed by atoms with E-state index in [0.29, 0.717) is 44.2 Å². The molecule has 8 rings (SSSR count). The van der Waals surface area contributed by atoms with Crippen LogP contribution in [0.1, 0.15) is 46.0 Å². The highest BCUT2D eigenvalue weighted by atomic mass is 35.5. The van der Waals surface area contributed by atoms with Crippen LogP contribution in [0.25, 0.3) is 10.9 Å². The van der Waals surface area contributed by atoms with Gasteiger partial charge in [-0.1, -0.05) is 53.5 Å². The summed E-state index contributed by atoms with van der Waals surface area (Å²) in [7, 11) is 3.10. The second-order valence-corrected chi connectivity index (χ2v) is 13.7. The van der Waals surface area contributed by atoms with Gasteiger partial charge in [-0.15, -0.1) is 0 Å². The molecular weight excluding hydrogens is 691 g/mol. The number of fused-ring (bicyclic) bond motifs is 4. The molecule has 2 aromatic heterocycles. The topological polar surface area (TPSA) is 107 Å². The van der Waals surface area contributed by atoms with E-state index < -0.39 is 18.2 Å². The number of piperidine rings is 3. The summed E-state index contributed by atoms with van der Waals surface area (Å²) in [6.07, 6.45) is 6.12. The van der Waals surface area contributed by atoms with Crippen molar-refractivity contribution in [1.29, 1.82) is 0 Å². The first kappa shape index (κ1) is 34.7. The number of hydrogen-bond donors (Lipinski definition) is 1. The maximum atomic E-state index is 13.9. The number of amides is 1. The Kier molecular flexibility index (Phi) is 10.4. The Labute approximate surface area is 306 Å². The fourth-order valence-electron chi connectivity index (χ4n) is 7.04. The van der Waals surface area contributed by atoms with Crippen LogP contribution in [0.15, 0.2) is 85.3 Å². The molecule has 0 spiro atoms. The number of carbonyl (C=O) groups is 2. The van der Waals surface area contributed by atoms with Crippen LogP contribution < -0.4 is 19.4 Å². The Bertz CT molecular complexity index is 2010. The normalized spacial score (nSPS) is 18.6. The van der Waals surface area contributed by atoms with E-state index in [0.717, 1.165) is 54.6 Å². The van der Waals surface area contributed by atoms with Crippen molar-refractivity contribution in [2.24, 2.45) is 5.92 Å². The zero-order chi connectivity index (χ0) is 35.5. The van der Waals surface area contributed by atoms with E-state index >= 15 is 0 Å². The molecule has 12 heteroatoms. The van der Waals surface area contributed by atoms with Crippen LogP contribution in [0.5, 0.6) is 11.5 Å². The van der Waals surface area contributed by atoms with Crippen LogP contribution in [-0.4, -0.2) is 61.9 Å². The van der Waals surface area contributed by atoms with Gasteiger partial charge in [0.05, 0.1) is 37.5 Å². The van der Waals surface area contributed by atoms with Gasteiger partial charge in [0.25, 0.3) is 0 Å². The monoisotopic (exact) mass is 729 g/mol. The van der Waals surface area contributed by atoms with Gasteiger partial charge < -0.3 is 23.9 Å².